The topological polar surface area (TPSA) is 52.6 Å². The molecule has 2 rings (SSSR count). The van der Waals surface area contributed by atoms with Gasteiger partial charge in [0.2, 0.25) is 0 Å². The molecule has 2 aromatic rings. The van der Waals surface area contributed by atoms with Gasteiger partial charge in [-0.1, -0.05) is 38.0 Å². The average Bonchev–Trinajstić information content (AvgIpc) is 2.61. The van der Waals surface area contributed by atoms with Crippen LogP contribution in [-0.4, -0.2) is 18.5 Å². The molecule has 0 atom stereocenters. The number of ether oxygens (including phenoxy) is 2. The van der Waals surface area contributed by atoms with Crippen LogP contribution >= 0.6 is 0 Å². The number of rotatable bonds is 7. The van der Waals surface area contributed by atoms with Gasteiger partial charge in [-0.05, 0) is 55.7 Å². The zero-order valence-electron chi connectivity index (χ0n) is 15.0. The number of benzene rings is 2. The van der Waals surface area contributed by atoms with E-state index in [4.69, 9.17) is 9.47 Å². The van der Waals surface area contributed by atoms with Crippen molar-refractivity contribution in [2.24, 2.45) is 0 Å². The summed E-state index contributed by atoms with van der Waals surface area (Å²) in [4.78, 5) is 24.4. The van der Waals surface area contributed by atoms with Crippen LogP contribution in [0.25, 0.3) is 0 Å². The molecule has 4 heteroatoms. The first-order chi connectivity index (χ1) is 12.0. The van der Waals surface area contributed by atoms with Gasteiger partial charge in [0.1, 0.15) is 5.75 Å². The zero-order chi connectivity index (χ0) is 18.2. The van der Waals surface area contributed by atoms with Crippen molar-refractivity contribution < 1.29 is 19.1 Å². The second-order valence-electron chi connectivity index (χ2n) is 6.08. The minimum atomic E-state index is -0.491. The Morgan fingerprint density at radius 2 is 1.64 bits per heavy atom. The second-order valence-corrected chi connectivity index (χ2v) is 6.08. The Kier molecular flexibility index (Phi) is 6.75. The second kappa shape index (κ2) is 9.02. The normalized spacial score (nSPS) is 10.4. The van der Waals surface area contributed by atoms with Crippen molar-refractivity contribution in [2.45, 2.75) is 40.0 Å². The van der Waals surface area contributed by atoms with E-state index in [1.165, 1.54) is 6.07 Å². The van der Waals surface area contributed by atoms with E-state index >= 15 is 0 Å². The van der Waals surface area contributed by atoms with Crippen LogP contribution in [0.15, 0.2) is 42.5 Å². The Hall–Kier alpha value is -2.62. The number of carbonyl (C=O) groups excluding carboxylic acids is 2. The predicted octanol–water partition coefficient (Wildman–Crippen LogP) is 4.87. The lowest BCUT2D eigenvalue weighted by atomic mass is 10.1. The summed E-state index contributed by atoms with van der Waals surface area (Å²) in [5.74, 6) is -0.385. The number of unbranched alkanes of at least 4 members (excludes halogenated alkanes) is 2. The first kappa shape index (κ1) is 18.7. The number of aryl methyl sites for hydroxylation is 2. The zero-order valence-corrected chi connectivity index (χ0v) is 15.0. The first-order valence-corrected chi connectivity index (χ1v) is 8.58. The highest BCUT2D eigenvalue weighted by molar-refractivity contribution is 5.96. The summed E-state index contributed by atoms with van der Waals surface area (Å²) in [6, 6.07) is 12.1. The third-order valence-electron chi connectivity index (χ3n) is 3.86. The highest BCUT2D eigenvalue weighted by Crippen LogP contribution is 2.20. The molecule has 0 N–H and O–H groups in total. The molecule has 25 heavy (non-hydrogen) atoms. The third-order valence-corrected chi connectivity index (χ3v) is 3.86. The summed E-state index contributed by atoms with van der Waals surface area (Å²) >= 11 is 0. The van der Waals surface area contributed by atoms with Gasteiger partial charge in [-0.25, -0.2) is 9.59 Å². The highest BCUT2D eigenvalue weighted by Gasteiger charge is 2.14. The Bertz CT molecular complexity index is 749. The van der Waals surface area contributed by atoms with Gasteiger partial charge >= 0.3 is 11.9 Å². The molecule has 0 aromatic heterocycles. The van der Waals surface area contributed by atoms with Gasteiger partial charge in [0.15, 0.2) is 0 Å². The fourth-order valence-electron chi connectivity index (χ4n) is 2.35. The molecule has 0 bridgehead atoms. The molecule has 0 amide bonds. The molecule has 0 saturated carbocycles. The van der Waals surface area contributed by atoms with E-state index in [0.717, 1.165) is 30.4 Å². The van der Waals surface area contributed by atoms with Gasteiger partial charge in [-0.3, -0.25) is 0 Å². The van der Waals surface area contributed by atoms with Gasteiger partial charge < -0.3 is 9.47 Å². The number of hydrogen-bond donors (Lipinski definition) is 0. The smallest absolute Gasteiger partial charge is 0.343 e. The van der Waals surface area contributed by atoms with Crippen LogP contribution in [0.4, 0.5) is 0 Å². The van der Waals surface area contributed by atoms with Crippen LogP contribution in [0, 0.1) is 13.8 Å². The summed E-state index contributed by atoms with van der Waals surface area (Å²) in [7, 11) is 0. The van der Waals surface area contributed by atoms with Crippen molar-refractivity contribution in [3.05, 3.63) is 64.7 Å². The molecule has 0 aliphatic carbocycles. The molecule has 0 spiro atoms. The van der Waals surface area contributed by atoms with Crippen molar-refractivity contribution in [3.8, 4) is 5.75 Å². The molecular formula is C21H24O4. The van der Waals surface area contributed by atoms with Gasteiger partial charge in [-0.2, -0.15) is 0 Å². The van der Waals surface area contributed by atoms with Crippen LogP contribution in [0.2, 0.25) is 0 Å². The number of carbonyl (C=O) groups is 2. The minimum Gasteiger partial charge on any atom is -0.462 e. The van der Waals surface area contributed by atoms with E-state index in [9.17, 15) is 9.59 Å². The van der Waals surface area contributed by atoms with Gasteiger partial charge in [0.25, 0.3) is 0 Å². The summed E-state index contributed by atoms with van der Waals surface area (Å²) in [5, 5.41) is 0. The van der Waals surface area contributed by atoms with Gasteiger partial charge in [0, 0.05) is 0 Å². The van der Waals surface area contributed by atoms with Crippen LogP contribution < -0.4 is 4.74 Å². The van der Waals surface area contributed by atoms with Crippen LogP contribution in [0.3, 0.4) is 0 Å². The molecule has 132 valence electrons. The van der Waals surface area contributed by atoms with E-state index in [0.29, 0.717) is 23.5 Å². The molecule has 0 radical (unpaired) electrons. The lowest BCUT2D eigenvalue weighted by molar-refractivity contribution is 0.0498. The number of hydrogen-bond acceptors (Lipinski definition) is 4. The molecule has 4 nitrogen and oxygen atoms in total. The highest BCUT2D eigenvalue weighted by atomic mass is 16.5. The van der Waals surface area contributed by atoms with E-state index in [-0.39, 0.29) is 0 Å². The molecule has 0 aliphatic rings. The maximum absolute atomic E-state index is 12.4. The van der Waals surface area contributed by atoms with Crippen molar-refractivity contribution >= 4 is 11.9 Å². The van der Waals surface area contributed by atoms with E-state index < -0.39 is 11.9 Å². The molecule has 0 heterocycles. The van der Waals surface area contributed by atoms with E-state index in [2.05, 4.69) is 6.92 Å². The maximum Gasteiger partial charge on any atom is 0.343 e. The molecular weight excluding hydrogens is 316 g/mol. The van der Waals surface area contributed by atoms with Gasteiger partial charge in [0.05, 0.1) is 17.7 Å². The molecule has 0 aliphatic heterocycles. The summed E-state index contributed by atoms with van der Waals surface area (Å²) in [6.45, 7) is 6.30. The van der Waals surface area contributed by atoms with Crippen molar-refractivity contribution in [1.82, 2.24) is 0 Å². The van der Waals surface area contributed by atoms with Crippen molar-refractivity contribution in [1.29, 1.82) is 0 Å². The average molecular weight is 340 g/mol. The molecule has 0 fully saturated rings. The van der Waals surface area contributed by atoms with E-state index in [1.807, 2.05) is 32.0 Å². The summed E-state index contributed by atoms with van der Waals surface area (Å²) < 4.78 is 10.7. The monoisotopic (exact) mass is 340 g/mol. The minimum absolute atomic E-state index is 0.323. The quantitative estimate of drug-likeness (QED) is 0.410. The summed E-state index contributed by atoms with van der Waals surface area (Å²) in [6.07, 6.45) is 2.93. The van der Waals surface area contributed by atoms with Gasteiger partial charge in [-0.15, -0.1) is 0 Å². The molecule has 2 aromatic carbocycles. The maximum atomic E-state index is 12.4. The predicted molar refractivity (Wildman–Crippen MR) is 97.1 cm³/mol. The van der Waals surface area contributed by atoms with Crippen LogP contribution in [-0.2, 0) is 4.74 Å². The SMILES string of the molecule is CCCCCOC(=O)c1cccc(C(=O)Oc2cc(C)ccc2C)c1. The Morgan fingerprint density at radius 3 is 2.36 bits per heavy atom. The lowest BCUT2D eigenvalue weighted by Crippen LogP contribution is -2.12. The fraction of sp³-hybridized carbons (Fsp3) is 0.333. The van der Waals surface area contributed by atoms with Crippen molar-refractivity contribution in [3.63, 3.8) is 0 Å². The standard InChI is InChI=1S/C21H24O4/c1-4-5-6-12-24-20(22)17-8-7-9-18(14-17)21(23)25-19-13-15(2)10-11-16(19)3/h7-11,13-14H,4-6,12H2,1-3H3. The summed E-state index contributed by atoms with van der Waals surface area (Å²) in [5.41, 5.74) is 2.57. The van der Waals surface area contributed by atoms with E-state index in [1.54, 1.807) is 18.2 Å². The first-order valence-electron chi connectivity index (χ1n) is 8.58. The van der Waals surface area contributed by atoms with Crippen LogP contribution in [0.1, 0.15) is 58.0 Å². The lowest BCUT2D eigenvalue weighted by Gasteiger charge is -2.09. The molecule has 0 saturated heterocycles. The molecule has 0 unspecified atom stereocenters. The number of esters is 2. The van der Waals surface area contributed by atoms with Crippen LogP contribution in [0.5, 0.6) is 5.75 Å². The third kappa shape index (κ3) is 5.45. The fourth-order valence-corrected chi connectivity index (χ4v) is 2.35. The Labute approximate surface area is 148 Å². The Balaban J connectivity index is 2.05. The Morgan fingerprint density at radius 1 is 0.920 bits per heavy atom. The van der Waals surface area contributed by atoms with Crippen molar-refractivity contribution in [2.75, 3.05) is 6.61 Å². The largest absolute Gasteiger partial charge is 0.462 e.